The van der Waals surface area contributed by atoms with Crippen LogP contribution in [0.4, 0.5) is 9.93 Å². The van der Waals surface area contributed by atoms with Crippen molar-refractivity contribution < 1.29 is 23.8 Å². The Morgan fingerprint density at radius 3 is 2.72 bits per heavy atom. The quantitative estimate of drug-likeness (QED) is 0.289. The Kier molecular flexibility index (Phi) is 10.1. The fourth-order valence-corrected chi connectivity index (χ4v) is 4.08. The molecule has 0 unspecified atom stereocenters. The van der Waals surface area contributed by atoms with Gasteiger partial charge in [0, 0.05) is 38.1 Å². The first-order valence-corrected chi connectivity index (χ1v) is 12.9. The lowest BCUT2D eigenvalue weighted by molar-refractivity contribution is -0.142. The highest BCUT2D eigenvalue weighted by molar-refractivity contribution is 7.13. The molecule has 36 heavy (non-hydrogen) atoms. The van der Waals surface area contributed by atoms with Gasteiger partial charge in [0.2, 0.25) is 5.13 Å². The van der Waals surface area contributed by atoms with Gasteiger partial charge in [-0.25, -0.2) is 9.78 Å². The lowest BCUT2D eigenvalue weighted by Crippen LogP contribution is -2.50. The maximum Gasteiger partial charge on any atom is 0.410 e. The zero-order valence-corrected chi connectivity index (χ0v) is 22.2. The number of aromatic nitrogens is 1. The molecule has 2 heterocycles. The summed E-state index contributed by atoms with van der Waals surface area (Å²) in [6.45, 7) is 12.0. The molecule has 0 radical (unpaired) electrons. The molecule has 196 valence electrons. The smallest absolute Gasteiger partial charge is 0.410 e. The summed E-state index contributed by atoms with van der Waals surface area (Å²) >= 11 is 1.37. The molecule has 1 aliphatic heterocycles. The molecule has 1 saturated heterocycles. The van der Waals surface area contributed by atoms with Crippen molar-refractivity contribution in [2.75, 3.05) is 51.4 Å². The number of ether oxygens (including phenoxy) is 3. The standard InChI is InChI=1S/C25H35N5O5S/c1-5-33-22(31)16-20-18-36-23(27-20)28-26-17-19-7-6-8-21(15-19)34-14-13-29-9-11-30(12-10-29)24(32)35-25(2,3)4/h6-8,15,17-18H,5,9-14,16H2,1-4H3,(H,27,28). The number of hydrazone groups is 1. The molecule has 1 aromatic carbocycles. The van der Waals surface area contributed by atoms with E-state index in [2.05, 4.69) is 20.4 Å². The first kappa shape index (κ1) is 27.4. The minimum atomic E-state index is -0.479. The van der Waals surface area contributed by atoms with Gasteiger partial charge in [-0.15, -0.1) is 11.3 Å². The Hall–Kier alpha value is -3.18. The molecule has 1 aromatic heterocycles. The molecule has 0 bridgehead atoms. The number of rotatable bonds is 10. The van der Waals surface area contributed by atoms with Crippen LogP contribution in [0.15, 0.2) is 34.7 Å². The highest BCUT2D eigenvalue weighted by Gasteiger charge is 2.25. The van der Waals surface area contributed by atoms with E-state index in [4.69, 9.17) is 14.2 Å². The molecule has 1 N–H and O–H groups in total. The summed E-state index contributed by atoms with van der Waals surface area (Å²) < 4.78 is 16.3. The second kappa shape index (κ2) is 13.2. The summed E-state index contributed by atoms with van der Waals surface area (Å²) in [4.78, 5) is 32.1. The van der Waals surface area contributed by atoms with Crippen molar-refractivity contribution in [3.05, 3.63) is 40.9 Å². The Balaban J connectivity index is 1.38. The molecule has 1 amide bonds. The lowest BCUT2D eigenvalue weighted by Gasteiger charge is -2.35. The molecule has 1 aliphatic rings. The Labute approximate surface area is 216 Å². The van der Waals surface area contributed by atoms with E-state index >= 15 is 0 Å². The summed E-state index contributed by atoms with van der Waals surface area (Å²) in [6.07, 6.45) is 1.59. The van der Waals surface area contributed by atoms with Crippen molar-refractivity contribution in [3.63, 3.8) is 0 Å². The molecule has 11 heteroatoms. The highest BCUT2D eigenvalue weighted by atomic mass is 32.1. The van der Waals surface area contributed by atoms with Crippen LogP contribution >= 0.6 is 11.3 Å². The molecule has 0 aliphatic carbocycles. The number of nitrogens with zero attached hydrogens (tertiary/aromatic N) is 4. The van der Waals surface area contributed by atoms with Crippen LogP contribution in [0.2, 0.25) is 0 Å². The summed E-state index contributed by atoms with van der Waals surface area (Å²) in [6, 6.07) is 7.67. The maximum absolute atomic E-state index is 12.2. The molecule has 0 saturated carbocycles. The minimum Gasteiger partial charge on any atom is -0.492 e. The molecule has 1 fully saturated rings. The Morgan fingerprint density at radius 2 is 2.00 bits per heavy atom. The van der Waals surface area contributed by atoms with Gasteiger partial charge in [0.05, 0.1) is 24.9 Å². The van der Waals surface area contributed by atoms with Crippen molar-refractivity contribution >= 4 is 34.7 Å². The van der Waals surface area contributed by atoms with E-state index in [-0.39, 0.29) is 18.5 Å². The maximum atomic E-state index is 12.2. The van der Waals surface area contributed by atoms with Crippen molar-refractivity contribution in [2.24, 2.45) is 5.10 Å². The van der Waals surface area contributed by atoms with Gasteiger partial charge in [0.25, 0.3) is 0 Å². The van der Waals surface area contributed by atoms with Crippen LogP contribution in [-0.2, 0) is 20.7 Å². The predicted octanol–water partition coefficient (Wildman–Crippen LogP) is 3.63. The normalized spacial score (nSPS) is 14.6. The first-order valence-electron chi connectivity index (χ1n) is 12.0. The van der Waals surface area contributed by atoms with E-state index in [1.807, 2.05) is 45.0 Å². The van der Waals surface area contributed by atoms with Gasteiger partial charge in [-0.2, -0.15) is 5.10 Å². The van der Waals surface area contributed by atoms with E-state index in [1.54, 1.807) is 23.4 Å². The molecule has 0 atom stereocenters. The summed E-state index contributed by atoms with van der Waals surface area (Å²) in [7, 11) is 0. The van der Waals surface area contributed by atoms with Gasteiger partial charge in [0.1, 0.15) is 18.0 Å². The van der Waals surface area contributed by atoms with E-state index in [0.29, 0.717) is 37.1 Å². The minimum absolute atomic E-state index is 0.147. The van der Waals surface area contributed by atoms with E-state index < -0.39 is 5.60 Å². The Morgan fingerprint density at radius 1 is 1.22 bits per heavy atom. The van der Waals surface area contributed by atoms with Crippen molar-refractivity contribution in [1.82, 2.24) is 14.8 Å². The fourth-order valence-electron chi connectivity index (χ4n) is 3.42. The number of anilines is 1. The number of piperazine rings is 1. The second-order valence-electron chi connectivity index (χ2n) is 9.23. The predicted molar refractivity (Wildman–Crippen MR) is 140 cm³/mol. The van der Waals surface area contributed by atoms with Gasteiger partial charge in [-0.1, -0.05) is 12.1 Å². The SMILES string of the molecule is CCOC(=O)Cc1csc(NN=Cc2cccc(OCCN3CCN(C(=O)OC(C)(C)C)CC3)c2)n1. The third-order valence-electron chi connectivity index (χ3n) is 5.11. The second-order valence-corrected chi connectivity index (χ2v) is 10.1. The highest BCUT2D eigenvalue weighted by Crippen LogP contribution is 2.17. The van der Waals surface area contributed by atoms with Gasteiger partial charge in [0.15, 0.2) is 0 Å². The lowest BCUT2D eigenvalue weighted by atomic mass is 10.2. The van der Waals surface area contributed by atoms with Crippen LogP contribution in [0, 0.1) is 0 Å². The largest absolute Gasteiger partial charge is 0.492 e. The summed E-state index contributed by atoms with van der Waals surface area (Å²) in [5, 5.41) is 6.64. The third kappa shape index (κ3) is 9.46. The molecule has 2 aromatic rings. The van der Waals surface area contributed by atoms with Crippen molar-refractivity contribution in [3.8, 4) is 5.75 Å². The number of hydrogen-bond acceptors (Lipinski definition) is 10. The number of thiazole rings is 1. The number of nitrogens with one attached hydrogen (secondary N) is 1. The number of benzene rings is 1. The topological polar surface area (TPSA) is 106 Å². The van der Waals surface area contributed by atoms with Crippen LogP contribution in [0.25, 0.3) is 0 Å². The number of carbonyl (C=O) groups excluding carboxylic acids is 2. The summed E-state index contributed by atoms with van der Waals surface area (Å²) in [5.74, 6) is 0.468. The van der Waals surface area contributed by atoms with Crippen molar-refractivity contribution in [2.45, 2.75) is 39.7 Å². The number of esters is 1. The number of amides is 1. The van der Waals surface area contributed by atoms with Crippen LogP contribution in [0.3, 0.4) is 0 Å². The average Bonchev–Trinajstić information content (AvgIpc) is 3.26. The van der Waals surface area contributed by atoms with Gasteiger partial charge in [-0.3, -0.25) is 15.1 Å². The third-order valence-corrected chi connectivity index (χ3v) is 5.91. The van der Waals surface area contributed by atoms with E-state index in [0.717, 1.165) is 30.9 Å². The molecular formula is C25H35N5O5S. The zero-order chi connectivity index (χ0) is 26.0. The van der Waals surface area contributed by atoms with Gasteiger partial charge < -0.3 is 19.1 Å². The van der Waals surface area contributed by atoms with E-state index in [9.17, 15) is 9.59 Å². The van der Waals surface area contributed by atoms with Crippen LogP contribution in [0.5, 0.6) is 5.75 Å². The van der Waals surface area contributed by atoms with E-state index in [1.165, 1.54) is 11.3 Å². The molecule has 10 nitrogen and oxygen atoms in total. The molecule has 0 spiro atoms. The summed E-state index contributed by atoms with van der Waals surface area (Å²) in [5.41, 5.74) is 3.94. The monoisotopic (exact) mass is 517 g/mol. The van der Waals surface area contributed by atoms with Crippen LogP contribution in [0.1, 0.15) is 39.0 Å². The average molecular weight is 518 g/mol. The number of carbonyl (C=O) groups is 2. The number of hydrogen-bond donors (Lipinski definition) is 1. The van der Waals surface area contributed by atoms with Crippen molar-refractivity contribution in [1.29, 1.82) is 0 Å². The van der Waals surface area contributed by atoms with Gasteiger partial charge in [-0.05, 0) is 45.4 Å². The van der Waals surface area contributed by atoms with Gasteiger partial charge >= 0.3 is 12.1 Å². The van der Waals surface area contributed by atoms with Crippen LogP contribution in [-0.4, -0.2) is 84.6 Å². The molecule has 3 rings (SSSR count). The first-order chi connectivity index (χ1) is 17.2. The Bertz CT molecular complexity index is 1030. The fraction of sp³-hybridized carbons (Fsp3) is 0.520. The zero-order valence-electron chi connectivity index (χ0n) is 21.4. The van der Waals surface area contributed by atoms with Crippen LogP contribution < -0.4 is 10.2 Å². The molecular weight excluding hydrogens is 482 g/mol.